The maximum atomic E-state index is 5.55. The summed E-state index contributed by atoms with van der Waals surface area (Å²) >= 11 is 0. The number of benzene rings is 1. The SMILES string of the molecule is Nc1cc(-c2ccc3nc4n(c3c2)CCC4)no1. The molecular formula is C13H12N4O. The largest absolute Gasteiger partial charge is 0.368 e. The van der Waals surface area contributed by atoms with Gasteiger partial charge in [0.2, 0.25) is 5.88 Å². The molecule has 1 aliphatic heterocycles. The summed E-state index contributed by atoms with van der Waals surface area (Å²) in [4.78, 5) is 4.63. The van der Waals surface area contributed by atoms with E-state index in [0.717, 1.165) is 29.7 Å². The summed E-state index contributed by atoms with van der Waals surface area (Å²) in [6, 6.07) is 7.88. The topological polar surface area (TPSA) is 69.9 Å². The fourth-order valence-electron chi connectivity index (χ4n) is 2.59. The average Bonchev–Trinajstić information content (AvgIpc) is 3.03. The first-order chi connectivity index (χ1) is 8.81. The lowest BCUT2D eigenvalue weighted by Crippen LogP contribution is -1.91. The lowest BCUT2D eigenvalue weighted by molar-refractivity contribution is 0.439. The number of aryl methyl sites for hydroxylation is 2. The molecule has 0 unspecified atom stereocenters. The minimum Gasteiger partial charge on any atom is -0.368 e. The minimum atomic E-state index is 0.337. The van der Waals surface area contributed by atoms with Crippen molar-refractivity contribution in [2.24, 2.45) is 0 Å². The molecule has 0 atom stereocenters. The number of hydrogen-bond acceptors (Lipinski definition) is 4. The van der Waals surface area contributed by atoms with Crippen LogP contribution in [0, 0.1) is 0 Å². The van der Waals surface area contributed by atoms with Crippen molar-refractivity contribution in [2.45, 2.75) is 19.4 Å². The Kier molecular flexibility index (Phi) is 1.81. The second kappa shape index (κ2) is 3.35. The van der Waals surface area contributed by atoms with Crippen LogP contribution in [0.5, 0.6) is 0 Å². The van der Waals surface area contributed by atoms with Gasteiger partial charge in [-0.1, -0.05) is 11.2 Å². The van der Waals surface area contributed by atoms with Crippen molar-refractivity contribution in [1.82, 2.24) is 14.7 Å². The van der Waals surface area contributed by atoms with Crippen LogP contribution in [0.3, 0.4) is 0 Å². The number of nitrogen functional groups attached to an aromatic ring is 1. The Balaban J connectivity index is 1.93. The van der Waals surface area contributed by atoms with Gasteiger partial charge < -0.3 is 14.8 Å². The van der Waals surface area contributed by atoms with Gasteiger partial charge in [0.25, 0.3) is 0 Å². The van der Waals surface area contributed by atoms with E-state index >= 15 is 0 Å². The van der Waals surface area contributed by atoms with Crippen LogP contribution >= 0.6 is 0 Å². The molecule has 0 saturated carbocycles. The van der Waals surface area contributed by atoms with Crippen LogP contribution < -0.4 is 5.73 Å². The molecule has 1 aromatic carbocycles. The predicted molar refractivity (Wildman–Crippen MR) is 68.0 cm³/mol. The number of fused-ring (bicyclic) bond motifs is 3. The van der Waals surface area contributed by atoms with Gasteiger partial charge in [0, 0.05) is 24.6 Å². The fraction of sp³-hybridized carbons (Fsp3) is 0.231. The summed E-state index contributed by atoms with van der Waals surface area (Å²) in [5.41, 5.74) is 9.54. The van der Waals surface area contributed by atoms with Crippen LogP contribution in [0.4, 0.5) is 5.88 Å². The summed E-state index contributed by atoms with van der Waals surface area (Å²) in [6.45, 7) is 1.05. The van der Waals surface area contributed by atoms with Crippen molar-refractivity contribution >= 4 is 16.9 Å². The van der Waals surface area contributed by atoms with Gasteiger partial charge in [-0.25, -0.2) is 4.98 Å². The number of aromatic nitrogens is 3. The monoisotopic (exact) mass is 240 g/mol. The van der Waals surface area contributed by atoms with E-state index in [1.165, 1.54) is 17.8 Å². The molecule has 2 N–H and O–H groups in total. The number of hydrogen-bond donors (Lipinski definition) is 1. The van der Waals surface area contributed by atoms with Gasteiger partial charge in [-0.3, -0.25) is 0 Å². The molecule has 2 aromatic heterocycles. The first-order valence-corrected chi connectivity index (χ1v) is 6.03. The van der Waals surface area contributed by atoms with Crippen LogP contribution in [-0.2, 0) is 13.0 Å². The molecule has 4 rings (SSSR count). The van der Waals surface area contributed by atoms with E-state index in [2.05, 4.69) is 20.8 Å². The Morgan fingerprint density at radius 2 is 2.22 bits per heavy atom. The van der Waals surface area contributed by atoms with Gasteiger partial charge in [0.05, 0.1) is 11.0 Å². The van der Waals surface area contributed by atoms with E-state index in [-0.39, 0.29) is 0 Å². The average molecular weight is 240 g/mol. The van der Waals surface area contributed by atoms with Crippen molar-refractivity contribution in [3.63, 3.8) is 0 Å². The van der Waals surface area contributed by atoms with Gasteiger partial charge in [-0.2, -0.15) is 0 Å². The minimum absolute atomic E-state index is 0.337. The highest BCUT2D eigenvalue weighted by molar-refractivity contribution is 5.82. The normalized spacial score (nSPS) is 14.2. The molecular weight excluding hydrogens is 228 g/mol. The third kappa shape index (κ3) is 1.27. The highest BCUT2D eigenvalue weighted by Gasteiger charge is 2.16. The summed E-state index contributed by atoms with van der Waals surface area (Å²) in [5.74, 6) is 1.52. The molecule has 0 aliphatic carbocycles. The third-order valence-corrected chi connectivity index (χ3v) is 3.43. The van der Waals surface area contributed by atoms with Crippen LogP contribution in [0.15, 0.2) is 28.8 Å². The summed E-state index contributed by atoms with van der Waals surface area (Å²) < 4.78 is 7.19. The van der Waals surface area contributed by atoms with Gasteiger partial charge in [0.1, 0.15) is 11.5 Å². The zero-order valence-electron chi connectivity index (χ0n) is 9.76. The molecule has 5 nitrogen and oxygen atoms in total. The van der Waals surface area contributed by atoms with Crippen LogP contribution in [0.25, 0.3) is 22.3 Å². The molecule has 0 fully saturated rings. The number of nitrogens with zero attached hydrogens (tertiary/aromatic N) is 3. The number of imidazole rings is 1. The van der Waals surface area contributed by atoms with Crippen molar-refractivity contribution in [3.8, 4) is 11.3 Å². The fourth-order valence-corrected chi connectivity index (χ4v) is 2.59. The maximum Gasteiger partial charge on any atom is 0.222 e. The lowest BCUT2D eigenvalue weighted by atomic mass is 10.1. The lowest BCUT2D eigenvalue weighted by Gasteiger charge is -2.00. The summed E-state index contributed by atoms with van der Waals surface area (Å²) in [5, 5.41) is 3.94. The number of rotatable bonds is 1. The van der Waals surface area contributed by atoms with E-state index in [0.29, 0.717) is 5.88 Å². The van der Waals surface area contributed by atoms with Gasteiger partial charge in [-0.05, 0) is 18.6 Å². The van der Waals surface area contributed by atoms with Crippen molar-refractivity contribution < 1.29 is 4.52 Å². The molecule has 3 aromatic rings. The molecule has 0 saturated heterocycles. The molecule has 5 heteroatoms. The molecule has 18 heavy (non-hydrogen) atoms. The predicted octanol–water partition coefficient (Wildman–Crippen LogP) is 2.22. The third-order valence-electron chi connectivity index (χ3n) is 3.43. The van der Waals surface area contributed by atoms with E-state index in [9.17, 15) is 0 Å². The summed E-state index contributed by atoms with van der Waals surface area (Å²) in [6.07, 6.45) is 2.25. The number of anilines is 1. The van der Waals surface area contributed by atoms with Crippen LogP contribution in [-0.4, -0.2) is 14.7 Å². The second-order valence-electron chi connectivity index (χ2n) is 4.60. The highest BCUT2D eigenvalue weighted by Crippen LogP contribution is 2.28. The van der Waals surface area contributed by atoms with E-state index in [4.69, 9.17) is 10.3 Å². The van der Waals surface area contributed by atoms with Crippen molar-refractivity contribution in [2.75, 3.05) is 5.73 Å². The Morgan fingerprint density at radius 1 is 1.28 bits per heavy atom. The van der Waals surface area contributed by atoms with E-state index in [1.54, 1.807) is 6.07 Å². The van der Waals surface area contributed by atoms with E-state index < -0.39 is 0 Å². The Hall–Kier alpha value is -2.30. The molecule has 0 amide bonds. The molecule has 0 spiro atoms. The smallest absolute Gasteiger partial charge is 0.222 e. The van der Waals surface area contributed by atoms with Gasteiger partial charge in [0.15, 0.2) is 0 Å². The van der Waals surface area contributed by atoms with Gasteiger partial charge >= 0.3 is 0 Å². The molecule has 90 valence electrons. The van der Waals surface area contributed by atoms with Crippen molar-refractivity contribution in [3.05, 3.63) is 30.1 Å². The highest BCUT2D eigenvalue weighted by atomic mass is 16.5. The first-order valence-electron chi connectivity index (χ1n) is 6.03. The van der Waals surface area contributed by atoms with Crippen LogP contribution in [0.2, 0.25) is 0 Å². The molecule has 3 heterocycles. The standard InChI is InChI=1S/C13H12N4O/c14-12-7-10(16-18-12)8-3-4-9-11(6-8)17-5-1-2-13(17)15-9/h3-4,6-7H,1-2,5,14H2. The maximum absolute atomic E-state index is 5.55. The second-order valence-corrected chi connectivity index (χ2v) is 4.60. The molecule has 0 radical (unpaired) electrons. The first kappa shape index (κ1) is 9.70. The van der Waals surface area contributed by atoms with E-state index in [1.807, 2.05) is 12.1 Å². The van der Waals surface area contributed by atoms with Gasteiger partial charge in [-0.15, -0.1) is 0 Å². The Labute approximate surface area is 103 Å². The zero-order valence-corrected chi connectivity index (χ0v) is 9.76. The zero-order chi connectivity index (χ0) is 12.1. The Bertz CT molecular complexity index is 741. The molecule has 0 bridgehead atoms. The van der Waals surface area contributed by atoms with Crippen molar-refractivity contribution in [1.29, 1.82) is 0 Å². The summed E-state index contributed by atoms with van der Waals surface area (Å²) in [7, 11) is 0. The Morgan fingerprint density at radius 3 is 3.06 bits per heavy atom. The molecule has 1 aliphatic rings. The van der Waals surface area contributed by atoms with Crippen LogP contribution in [0.1, 0.15) is 12.2 Å². The number of nitrogens with two attached hydrogens (primary N) is 1. The quantitative estimate of drug-likeness (QED) is 0.708.